The van der Waals surface area contributed by atoms with Gasteiger partial charge in [0.15, 0.2) is 4.80 Å². The number of allylic oxidation sites excluding steroid dienone is 1. The number of benzene rings is 2. The molecule has 0 radical (unpaired) electrons. The summed E-state index contributed by atoms with van der Waals surface area (Å²) < 4.78 is 14.8. The molecule has 0 saturated heterocycles. The molecule has 7 nitrogen and oxygen atoms in total. The summed E-state index contributed by atoms with van der Waals surface area (Å²) in [5.41, 5.74) is 1.97. The van der Waals surface area contributed by atoms with Gasteiger partial charge in [-0.25, -0.2) is 9.79 Å². The standard InChI is InChI=1S/C26H23Br3N2O5S/c1-4-6-18-21(25(34)36-5-2)22(15-12-14(27)7-8-19(15)35-3)31-24(33)20(37-26(31)30-18)11-13-9-16(28)23(32)17(29)10-13/h7-12,22,32H,4-6H2,1-3H3/b20-11+/t22-/m1/s1. The highest BCUT2D eigenvalue weighted by Crippen LogP contribution is 2.38. The number of methoxy groups -OCH3 is 1. The third kappa shape index (κ3) is 5.50. The number of phenolic OH excluding ortho intramolecular Hbond substituents is 1. The third-order valence-corrected chi connectivity index (χ3v) is 8.40. The molecule has 37 heavy (non-hydrogen) atoms. The Balaban J connectivity index is 2.05. The number of esters is 1. The second-order valence-electron chi connectivity index (χ2n) is 8.13. The molecule has 1 aliphatic heterocycles. The lowest BCUT2D eigenvalue weighted by Crippen LogP contribution is -2.40. The van der Waals surface area contributed by atoms with Crippen LogP contribution in [-0.2, 0) is 9.53 Å². The van der Waals surface area contributed by atoms with Gasteiger partial charge in [-0.2, -0.15) is 0 Å². The molecule has 0 fully saturated rings. The molecule has 0 aliphatic carbocycles. The number of rotatable bonds is 7. The van der Waals surface area contributed by atoms with E-state index < -0.39 is 12.0 Å². The highest BCUT2D eigenvalue weighted by atomic mass is 79.9. The maximum atomic E-state index is 13.9. The van der Waals surface area contributed by atoms with E-state index in [1.807, 2.05) is 19.1 Å². The van der Waals surface area contributed by atoms with Crippen LogP contribution in [0.4, 0.5) is 0 Å². The number of halogens is 3. The van der Waals surface area contributed by atoms with Gasteiger partial charge >= 0.3 is 5.97 Å². The summed E-state index contributed by atoms with van der Waals surface area (Å²) in [6, 6.07) is 8.14. The molecule has 3 aromatic rings. The van der Waals surface area contributed by atoms with Crippen molar-refractivity contribution in [3.8, 4) is 11.5 Å². The molecule has 1 aliphatic rings. The Kier molecular flexibility index (Phi) is 8.77. The van der Waals surface area contributed by atoms with Crippen LogP contribution in [0.2, 0.25) is 0 Å². The van der Waals surface area contributed by atoms with Crippen LogP contribution in [0.25, 0.3) is 6.08 Å². The lowest BCUT2D eigenvalue weighted by Gasteiger charge is -2.27. The summed E-state index contributed by atoms with van der Waals surface area (Å²) in [6.07, 6.45) is 3.04. The number of carbonyl (C=O) groups is 1. The number of hydrogen-bond donors (Lipinski definition) is 1. The largest absolute Gasteiger partial charge is 0.506 e. The number of aromatic hydroxyl groups is 1. The Labute approximate surface area is 242 Å². The molecule has 1 aromatic heterocycles. The number of carbonyl (C=O) groups excluding carboxylic acids is 1. The average molecular weight is 715 g/mol. The monoisotopic (exact) mass is 712 g/mol. The fourth-order valence-electron chi connectivity index (χ4n) is 4.15. The van der Waals surface area contributed by atoms with E-state index in [4.69, 9.17) is 14.5 Å². The van der Waals surface area contributed by atoms with Crippen LogP contribution in [0.15, 0.2) is 64.8 Å². The Bertz CT molecular complexity index is 1570. The highest BCUT2D eigenvalue weighted by Gasteiger charge is 2.36. The smallest absolute Gasteiger partial charge is 0.338 e. The summed E-state index contributed by atoms with van der Waals surface area (Å²) in [6.45, 7) is 3.95. The molecule has 11 heteroatoms. The number of hydrogen-bond acceptors (Lipinski definition) is 7. The first kappa shape index (κ1) is 27.8. The Hall–Kier alpha value is -2.21. The number of thiazole rings is 1. The van der Waals surface area contributed by atoms with Crippen molar-refractivity contribution in [1.29, 1.82) is 0 Å². The number of aromatic nitrogens is 1. The van der Waals surface area contributed by atoms with E-state index in [9.17, 15) is 14.7 Å². The van der Waals surface area contributed by atoms with Crippen molar-refractivity contribution >= 4 is 71.2 Å². The Morgan fingerprint density at radius 2 is 1.89 bits per heavy atom. The zero-order chi connectivity index (χ0) is 26.9. The minimum absolute atomic E-state index is 0.0728. The van der Waals surface area contributed by atoms with Crippen LogP contribution >= 0.6 is 59.1 Å². The molecule has 0 amide bonds. The molecule has 4 rings (SSSR count). The zero-order valence-electron chi connectivity index (χ0n) is 20.2. The summed E-state index contributed by atoms with van der Waals surface area (Å²) in [4.78, 5) is 32.5. The van der Waals surface area contributed by atoms with Crippen molar-refractivity contribution < 1.29 is 19.4 Å². The van der Waals surface area contributed by atoms with Crippen molar-refractivity contribution in [2.45, 2.75) is 32.7 Å². The quantitative estimate of drug-likeness (QED) is 0.323. The van der Waals surface area contributed by atoms with Crippen LogP contribution < -0.4 is 19.6 Å². The minimum atomic E-state index is -0.787. The molecule has 194 valence electrons. The highest BCUT2D eigenvalue weighted by molar-refractivity contribution is 9.11. The molecule has 2 aromatic carbocycles. The topological polar surface area (TPSA) is 90.1 Å². The van der Waals surface area contributed by atoms with E-state index in [0.717, 1.165) is 10.9 Å². The first-order valence-corrected chi connectivity index (χ1v) is 14.6. The van der Waals surface area contributed by atoms with E-state index in [-0.39, 0.29) is 17.9 Å². The summed E-state index contributed by atoms with van der Waals surface area (Å²) in [5.74, 6) is 0.0970. The van der Waals surface area contributed by atoms with E-state index in [0.29, 0.717) is 52.8 Å². The number of ether oxygens (including phenoxy) is 2. The van der Waals surface area contributed by atoms with Crippen LogP contribution in [0, 0.1) is 0 Å². The summed E-state index contributed by atoms with van der Waals surface area (Å²) >= 11 is 11.4. The first-order chi connectivity index (χ1) is 17.7. The SMILES string of the molecule is CCCC1=C(C(=O)OCC)[C@@H](c2cc(Br)ccc2OC)n2c(s/c(=C/c3cc(Br)c(O)c(Br)c3)c2=O)=N1. The fraction of sp³-hybridized carbons (Fsp3) is 0.269. The Morgan fingerprint density at radius 3 is 2.51 bits per heavy atom. The molecular formula is C26H23Br3N2O5S. The van der Waals surface area contributed by atoms with Crippen LogP contribution in [0.1, 0.15) is 43.9 Å². The van der Waals surface area contributed by atoms with Gasteiger partial charge in [0.1, 0.15) is 17.5 Å². The van der Waals surface area contributed by atoms with Gasteiger partial charge in [0.05, 0.1) is 38.5 Å². The van der Waals surface area contributed by atoms with E-state index in [1.54, 1.807) is 38.3 Å². The summed E-state index contributed by atoms with van der Waals surface area (Å²) in [7, 11) is 1.55. The fourth-order valence-corrected chi connectivity index (χ4v) is 6.77. The number of fused-ring (bicyclic) bond motifs is 1. The van der Waals surface area contributed by atoms with Crippen molar-refractivity contribution in [3.63, 3.8) is 0 Å². The van der Waals surface area contributed by atoms with Crippen molar-refractivity contribution in [2.75, 3.05) is 13.7 Å². The van der Waals surface area contributed by atoms with Gasteiger partial charge in [-0.05, 0) is 87.2 Å². The maximum Gasteiger partial charge on any atom is 0.338 e. The lowest BCUT2D eigenvalue weighted by atomic mass is 9.93. The minimum Gasteiger partial charge on any atom is -0.506 e. The number of nitrogens with zero attached hydrogens (tertiary/aromatic N) is 2. The van der Waals surface area contributed by atoms with E-state index in [2.05, 4.69) is 47.8 Å². The number of phenols is 1. The van der Waals surface area contributed by atoms with Gasteiger partial charge in [-0.1, -0.05) is 40.6 Å². The summed E-state index contributed by atoms with van der Waals surface area (Å²) in [5, 5.41) is 10.1. The van der Waals surface area contributed by atoms with Crippen molar-refractivity contribution in [2.24, 2.45) is 4.99 Å². The molecule has 1 N–H and O–H groups in total. The van der Waals surface area contributed by atoms with Crippen LogP contribution in [0.3, 0.4) is 0 Å². The first-order valence-electron chi connectivity index (χ1n) is 11.4. The van der Waals surface area contributed by atoms with Gasteiger partial charge in [0, 0.05) is 10.0 Å². The molecule has 0 bridgehead atoms. The molecule has 1 atom stereocenters. The van der Waals surface area contributed by atoms with Gasteiger partial charge in [0.25, 0.3) is 5.56 Å². The molecule has 0 unspecified atom stereocenters. The molecule has 0 saturated carbocycles. The van der Waals surface area contributed by atoms with Gasteiger partial charge in [-0.3, -0.25) is 9.36 Å². The maximum absolute atomic E-state index is 13.9. The van der Waals surface area contributed by atoms with Crippen molar-refractivity contribution in [1.82, 2.24) is 4.57 Å². The van der Waals surface area contributed by atoms with Gasteiger partial charge < -0.3 is 14.6 Å². The van der Waals surface area contributed by atoms with Crippen LogP contribution in [-0.4, -0.2) is 29.4 Å². The normalized spacial score (nSPS) is 15.4. The lowest BCUT2D eigenvalue weighted by molar-refractivity contribution is -0.139. The van der Waals surface area contributed by atoms with Crippen LogP contribution in [0.5, 0.6) is 11.5 Å². The second-order valence-corrected chi connectivity index (χ2v) is 11.8. The molecule has 2 heterocycles. The second kappa shape index (κ2) is 11.7. The molecular weight excluding hydrogens is 692 g/mol. The average Bonchev–Trinajstić information content (AvgIpc) is 3.16. The van der Waals surface area contributed by atoms with E-state index in [1.165, 1.54) is 15.9 Å². The predicted octanol–water partition coefficient (Wildman–Crippen LogP) is 5.58. The Morgan fingerprint density at radius 1 is 1.19 bits per heavy atom. The zero-order valence-corrected chi connectivity index (χ0v) is 25.8. The van der Waals surface area contributed by atoms with Gasteiger partial charge in [0.2, 0.25) is 0 Å². The predicted molar refractivity (Wildman–Crippen MR) is 154 cm³/mol. The van der Waals surface area contributed by atoms with E-state index >= 15 is 0 Å². The molecule has 0 spiro atoms. The van der Waals surface area contributed by atoms with Crippen molar-refractivity contribution in [3.05, 3.63) is 85.8 Å². The van der Waals surface area contributed by atoms with Gasteiger partial charge in [-0.15, -0.1) is 0 Å². The third-order valence-electron chi connectivity index (χ3n) is 5.72.